The molecule has 0 aliphatic heterocycles. The van der Waals surface area contributed by atoms with E-state index in [4.69, 9.17) is 23.2 Å². The molecule has 0 atom stereocenters. The number of benzene rings is 1. The summed E-state index contributed by atoms with van der Waals surface area (Å²) in [5, 5.41) is 7.64. The molecule has 0 bridgehead atoms. The SMILES string of the molecule is Clc1ccc(Cl)cc1.c1cn[nH]c1. The van der Waals surface area contributed by atoms with Gasteiger partial charge < -0.3 is 0 Å². The molecule has 1 N–H and O–H groups in total. The summed E-state index contributed by atoms with van der Waals surface area (Å²) in [4.78, 5) is 0. The van der Waals surface area contributed by atoms with E-state index >= 15 is 0 Å². The van der Waals surface area contributed by atoms with Crippen LogP contribution in [0.3, 0.4) is 0 Å². The van der Waals surface area contributed by atoms with Gasteiger partial charge in [-0.05, 0) is 30.3 Å². The maximum Gasteiger partial charge on any atom is 0.0487 e. The summed E-state index contributed by atoms with van der Waals surface area (Å²) in [6.45, 7) is 0. The summed E-state index contributed by atoms with van der Waals surface area (Å²) in [5.41, 5.74) is 0. The van der Waals surface area contributed by atoms with Gasteiger partial charge in [0, 0.05) is 22.4 Å². The third-order valence-corrected chi connectivity index (χ3v) is 1.71. The van der Waals surface area contributed by atoms with Crippen molar-refractivity contribution in [2.75, 3.05) is 0 Å². The zero-order valence-electron chi connectivity index (χ0n) is 6.74. The minimum atomic E-state index is 0.717. The second-order valence-corrected chi connectivity index (χ2v) is 3.08. The summed E-state index contributed by atoms with van der Waals surface area (Å²) in [5.74, 6) is 0. The summed E-state index contributed by atoms with van der Waals surface area (Å²) in [6, 6.07) is 8.85. The highest BCUT2D eigenvalue weighted by molar-refractivity contribution is 6.32. The third kappa shape index (κ3) is 4.55. The average Bonchev–Trinajstić information content (AvgIpc) is 2.68. The van der Waals surface area contributed by atoms with Gasteiger partial charge in [-0.3, -0.25) is 5.10 Å². The highest BCUT2D eigenvalue weighted by Crippen LogP contribution is 2.12. The van der Waals surface area contributed by atoms with Crippen LogP contribution in [0.25, 0.3) is 0 Å². The van der Waals surface area contributed by atoms with E-state index in [1.54, 1.807) is 36.7 Å². The first kappa shape index (κ1) is 10.1. The molecule has 1 aromatic carbocycles. The van der Waals surface area contributed by atoms with Gasteiger partial charge in [-0.15, -0.1) is 0 Å². The normalized spacial score (nSPS) is 8.77. The molecule has 0 saturated heterocycles. The number of H-pyrrole nitrogens is 1. The van der Waals surface area contributed by atoms with Crippen LogP contribution in [0.5, 0.6) is 0 Å². The van der Waals surface area contributed by atoms with Crippen molar-refractivity contribution in [3.8, 4) is 0 Å². The van der Waals surface area contributed by atoms with Crippen LogP contribution in [-0.2, 0) is 0 Å². The Bertz CT molecular complexity index is 278. The first-order valence-electron chi connectivity index (χ1n) is 3.64. The monoisotopic (exact) mass is 214 g/mol. The van der Waals surface area contributed by atoms with Crippen LogP contribution in [0.1, 0.15) is 0 Å². The largest absolute Gasteiger partial charge is 0.286 e. The smallest absolute Gasteiger partial charge is 0.0487 e. The van der Waals surface area contributed by atoms with Gasteiger partial charge in [0.25, 0.3) is 0 Å². The molecule has 4 heteroatoms. The molecule has 2 rings (SSSR count). The molecule has 13 heavy (non-hydrogen) atoms. The van der Waals surface area contributed by atoms with E-state index in [0.29, 0.717) is 0 Å². The van der Waals surface area contributed by atoms with E-state index in [0.717, 1.165) is 10.0 Å². The van der Waals surface area contributed by atoms with Crippen molar-refractivity contribution in [2.45, 2.75) is 0 Å². The fourth-order valence-electron chi connectivity index (χ4n) is 0.645. The van der Waals surface area contributed by atoms with E-state index in [1.165, 1.54) is 0 Å². The summed E-state index contributed by atoms with van der Waals surface area (Å²) >= 11 is 11.1. The highest BCUT2D eigenvalue weighted by atomic mass is 35.5. The van der Waals surface area contributed by atoms with Crippen molar-refractivity contribution >= 4 is 23.2 Å². The molecule has 1 aromatic heterocycles. The van der Waals surface area contributed by atoms with Crippen LogP contribution in [-0.4, -0.2) is 10.2 Å². The lowest BCUT2D eigenvalue weighted by Crippen LogP contribution is -1.60. The first-order chi connectivity index (χ1) is 6.29. The Kier molecular flexibility index (Phi) is 4.36. The topological polar surface area (TPSA) is 28.7 Å². The molecule has 1 heterocycles. The molecule has 0 radical (unpaired) electrons. The first-order valence-corrected chi connectivity index (χ1v) is 4.39. The van der Waals surface area contributed by atoms with Gasteiger partial charge in [-0.2, -0.15) is 5.10 Å². The second-order valence-electron chi connectivity index (χ2n) is 2.20. The number of hydrogen-bond donors (Lipinski definition) is 1. The van der Waals surface area contributed by atoms with E-state index in [-0.39, 0.29) is 0 Å². The van der Waals surface area contributed by atoms with Gasteiger partial charge >= 0.3 is 0 Å². The number of nitrogens with zero attached hydrogens (tertiary/aromatic N) is 1. The molecule has 2 aromatic rings. The van der Waals surface area contributed by atoms with Gasteiger partial charge in [-0.25, -0.2) is 0 Å². The Morgan fingerprint density at radius 1 is 1.00 bits per heavy atom. The van der Waals surface area contributed by atoms with E-state index < -0.39 is 0 Å². The van der Waals surface area contributed by atoms with Crippen LogP contribution in [0.4, 0.5) is 0 Å². The van der Waals surface area contributed by atoms with Gasteiger partial charge in [0.05, 0.1) is 0 Å². The zero-order chi connectivity index (χ0) is 9.52. The molecule has 0 fully saturated rings. The maximum atomic E-state index is 5.55. The van der Waals surface area contributed by atoms with Crippen LogP contribution >= 0.6 is 23.2 Å². The molecular weight excluding hydrogens is 207 g/mol. The van der Waals surface area contributed by atoms with Crippen molar-refractivity contribution in [1.82, 2.24) is 10.2 Å². The van der Waals surface area contributed by atoms with Crippen LogP contribution in [0.2, 0.25) is 10.0 Å². The quantitative estimate of drug-likeness (QED) is 0.716. The van der Waals surface area contributed by atoms with Crippen molar-refractivity contribution in [3.05, 3.63) is 52.8 Å². The molecule has 0 unspecified atom stereocenters. The van der Waals surface area contributed by atoms with E-state index in [9.17, 15) is 0 Å². The minimum absolute atomic E-state index is 0.717. The molecule has 0 aliphatic carbocycles. The number of aromatic amines is 1. The fraction of sp³-hybridized carbons (Fsp3) is 0. The molecular formula is C9H8Cl2N2. The van der Waals surface area contributed by atoms with Gasteiger partial charge in [0.1, 0.15) is 0 Å². The lowest BCUT2D eigenvalue weighted by atomic mass is 10.4. The number of nitrogens with one attached hydrogen (secondary N) is 1. The number of halogens is 2. The Labute approximate surface area is 86.5 Å². The number of aromatic nitrogens is 2. The number of rotatable bonds is 0. The standard InChI is InChI=1S/C6H4Cl2.C3H4N2/c7-5-1-2-6(8)4-3-5;1-2-4-5-3-1/h1-4H;1-3H,(H,4,5). The Balaban J connectivity index is 0.000000145. The van der Waals surface area contributed by atoms with Crippen molar-refractivity contribution in [3.63, 3.8) is 0 Å². The predicted molar refractivity (Wildman–Crippen MR) is 55.0 cm³/mol. The van der Waals surface area contributed by atoms with Crippen LogP contribution in [0.15, 0.2) is 42.7 Å². The van der Waals surface area contributed by atoms with Gasteiger partial charge in [-0.1, -0.05) is 23.2 Å². The van der Waals surface area contributed by atoms with Gasteiger partial charge in [0.2, 0.25) is 0 Å². The van der Waals surface area contributed by atoms with E-state index in [2.05, 4.69) is 10.2 Å². The Morgan fingerprint density at radius 2 is 1.54 bits per heavy atom. The molecule has 0 amide bonds. The lowest BCUT2D eigenvalue weighted by molar-refractivity contribution is 1.09. The Hall–Kier alpha value is -0.990. The van der Waals surface area contributed by atoms with Crippen LogP contribution in [0, 0.1) is 0 Å². The lowest BCUT2D eigenvalue weighted by Gasteiger charge is -1.86. The number of hydrogen-bond acceptors (Lipinski definition) is 1. The molecule has 68 valence electrons. The Morgan fingerprint density at radius 3 is 1.77 bits per heavy atom. The second kappa shape index (κ2) is 5.62. The third-order valence-electron chi connectivity index (χ3n) is 1.21. The van der Waals surface area contributed by atoms with E-state index in [1.807, 2.05) is 6.07 Å². The maximum absolute atomic E-state index is 5.55. The van der Waals surface area contributed by atoms with Crippen molar-refractivity contribution in [1.29, 1.82) is 0 Å². The van der Waals surface area contributed by atoms with Crippen molar-refractivity contribution < 1.29 is 0 Å². The van der Waals surface area contributed by atoms with Crippen molar-refractivity contribution in [2.24, 2.45) is 0 Å². The summed E-state index contributed by atoms with van der Waals surface area (Å²) in [7, 11) is 0. The molecule has 0 spiro atoms. The van der Waals surface area contributed by atoms with Crippen LogP contribution < -0.4 is 0 Å². The fourth-order valence-corrected chi connectivity index (χ4v) is 0.897. The summed E-state index contributed by atoms with van der Waals surface area (Å²) < 4.78 is 0. The molecule has 2 nitrogen and oxygen atoms in total. The molecule has 0 aliphatic rings. The molecule has 0 saturated carbocycles. The summed E-state index contributed by atoms with van der Waals surface area (Å²) in [6.07, 6.45) is 3.46. The minimum Gasteiger partial charge on any atom is -0.286 e. The van der Waals surface area contributed by atoms with Gasteiger partial charge in [0.15, 0.2) is 0 Å². The predicted octanol–water partition coefficient (Wildman–Crippen LogP) is 3.40. The average molecular weight is 215 g/mol. The zero-order valence-corrected chi connectivity index (χ0v) is 8.26. The highest BCUT2D eigenvalue weighted by Gasteiger charge is 1.83.